The predicted octanol–water partition coefficient (Wildman–Crippen LogP) is 1.48. The zero-order valence-electron chi connectivity index (χ0n) is 12.2. The van der Waals surface area contributed by atoms with Crippen molar-refractivity contribution in [2.24, 2.45) is 0 Å². The molecule has 0 radical (unpaired) electrons. The first-order valence-corrected chi connectivity index (χ1v) is 7.07. The number of nitrogens with one attached hydrogen (secondary N) is 1. The third-order valence-electron chi connectivity index (χ3n) is 3.64. The van der Waals surface area contributed by atoms with Gasteiger partial charge in [0.2, 0.25) is 0 Å². The van der Waals surface area contributed by atoms with E-state index in [9.17, 15) is 4.79 Å². The van der Waals surface area contributed by atoms with Gasteiger partial charge in [-0.15, -0.1) is 0 Å². The highest BCUT2D eigenvalue weighted by molar-refractivity contribution is 6.00. The standard InChI is InChI=1S/C15H18N4O2/c1-10-9-19(8-7-16-10)15(20)13-11(2)21-18-14(13)12-5-3-4-6-17-12/h3-6,10,16H,7-9H2,1-2H3/t10-/m1/s1. The molecule has 1 amide bonds. The third kappa shape index (κ3) is 2.67. The maximum atomic E-state index is 12.8. The Balaban J connectivity index is 1.95. The van der Waals surface area contributed by atoms with Crippen LogP contribution in [0.2, 0.25) is 0 Å². The van der Waals surface area contributed by atoms with E-state index in [4.69, 9.17) is 4.52 Å². The van der Waals surface area contributed by atoms with Gasteiger partial charge in [-0.05, 0) is 26.0 Å². The molecule has 0 aromatic carbocycles. The quantitative estimate of drug-likeness (QED) is 0.905. The molecule has 1 aliphatic rings. The zero-order valence-corrected chi connectivity index (χ0v) is 12.2. The van der Waals surface area contributed by atoms with Crippen molar-refractivity contribution in [3.8, 4) is 11.4 Å². The molecule has 1 saturated heterocycles. The molecule has 0 spiro atoms. The Labute approximate surface area is 123 Å². The normalized spacial score (nSPS) is 18.8. The van der Waals surface area contributed by atoms with Gasteiger partial charge in [0.15, 0.2) is 0 Å². The molecule has 0 bridgehead atoms. The van der Waals surface area contributed by atoms with E-state index in [2.05, 4.69) is 22.4 Å². The van der Waals surface area contributed by atoms with Crippen LogP contribution in [0.1, 0.15) is 23.0 Å². The van der Waals surface area contributed by atoms with Crippen LogP contribution in [0.3, 0.4) is 0 Å². The monoisotopic (exact) mass is 286 g/mol. The second kappa shape index (κ2) is 5.65. The number of amides is 1. The number of carbonyl (C=O) groups is 1. The second-order valence-electron chi connectivity index (χ2n) is 5.28. The molecular formula is C15H18N4O2. The Kier molecular flexibility index (Phi) is 3.70. The van der Waals surface area contributed by atoms with Crippen molar-refractivity contribution < 1.29 is 9.32 Å². The summed E-state index contributed by atoms with van der Waals surface area (Å²) in [7, 11) is 0. The summed E-state index contributed by atoms with van der Waals surface area (Å²) in [5, 5.41) is 7.35. The molecule has 1 aliphatic heterocycles. The Bertz CT molecular complexity index is 638. The van der Waals surface area contributed by atoms with Gasteiger partial charge < -0.3 is 14.7 Å². The van der Waals surface area contributed by atoms with Gasteiger partial charge in [0.05, 0.1) is 5.69 Å². The number of nitrogens with zero attached hydrogens (tertiary/aromatic N) is 3. The fraction of sp³-hybridized carbons (Fsp3) is 0.400. The highest BCUT2D eigenvalue weighted by Crippen LogP contribution is 2.25. The zero-order chi connectivity index (χ0) is 14.8. The molecule has 6 nitrogen and oxygen atoms in total. The number of carbonyl (C=O) groups excluding carboxylic acids is 1. The minimum absolute atomic E-state index is 0.0391. The molecule has 6 heteroatoms. The van der Waals surface area contributed by atoms with E-state index in [1.807, 2.05) is 23.1 Å². The number of rotatable bonds is 2. The van der Waals surface area contributed by atoms with Gasteiger partial charge in [-0.25, -0.2) is 0 Å². The van der Waals surface area contributed by atoms with Crippen molar-refractivity contribution in [2.45, 2.75) is 19.9 Å². The van der Waals surface area contributed by atoms with E-state index in [1.165, 1.54) is 0 Å². The van der Waals surface area contributed by atoms with E-state index >= 15 is 0 Å². The molecule has 21 heavy (non-hydrogen) atoms. The maximum Gasteiger partial charge on any atom is 0.259 e. The van der Waals surface area contributed by atoms with E-state index in [-0.39, 0.29) is 5.91 Å². The lowest BCUT2D eigenvalue weighted by Crippen LogP contribution is -2.51. The third-order valence-corrected chi connectivity index (χ3v) is 3.64. The van der Waals surface area contributed by atoms with Gasteiger partial charge >= 0.3 is 0 Å². The summed E-state index contributed by atoms with van der Waals surface area (Å²) in [6, 6.07) is 5.82. The molecule has 1 N–H and O–H groups in total. The SMILES string of the molecule is Cc1onc(-c2ccccn2)c1C(=O)N1CCN[C@H](C)C1. The van der Waals surface area contributed by atoms with Crippen LogP contribution in [0.25, 0.3) is 11.4 Å². The van der Waals surface area contributed by atoms with Crippen LogP contribution in [-0.2, 0) is 0 Å². The van der Waals surface area contributed by atoms with E-state index in [0.29, 0.717) is 41.8 Å². The molecule has 3 rings (SSSR count). The fourth-order valence-corrected chi connectivity index (χ4v) is 2.58. The maximum absolute atomic E-state index is 12.8. The summed E-state index contributed by atoms with van der Waals surface area (Å²) in [6.07, 6.45) is 1.68. The van der Waals surface area contributed by atoms with Crippen LogP contribution in [0.5, 0.6) is 0 Å². The minimum Gasteiger partial charge on any atom is -0.360 e. The van der Waals surface area contributed by atoms with E-state index in [0.717, 1.165) is 6.54 Å². The molecule has 1 atom stereocenters. The smallest absolute Gasteiger partial charge is 0.259 e. The minimum atomic E-state index is -0.0391. The van der Waals surface area contributed by atoms with Crippen LogP contribution in [0.15, 0.2) is 28.9 Å². The molecule has 0 unspecified atom stereocenters. The largest absolute Gasteiger partial charge is 0.360 e. The fourth-order valence-electron chi connectivity index (χ4n) is 2.58. The Morgan fingerprint density at radius 3 is 3.05 bits per heavy atom. The Hall–Kier alpha value is -2.21. The van der Waals surface area contributed by atoms with Crippen LogP contribution in [-0.4, -0.2) is 46.6 Å². The molecule has 2 aromatic heterocycles. The number of piperazine rings is 1. The summed E-state index contributed by atoms with van der Waals surface area (Å²) in [6.45, 7) is 6.01. The molecule has 2 aromatic rings. The van der Waals surface area contributed by atoms with Crippen molar-refractivity contribution in [2.75, 3.05) is 19.6 Å². The summed E-state index contributed by atoms with van der Waals surface area (Å²) < 4.78 is 5.24. The first-order chi connectivity index (χ1) is 10.2. The molecule has 3 heterocycles. The molecule has 1 fully saturated rings. The number of pyridine rings is 1. The lowest BCUT2D eigenvalue weighted by atomic mass is 10.1. The van der Waals surface area contributed by atoms with Gasteiger partial charge in [-0.2, -0.15) is 0 Å². The topological polar surface area (TPSA) is 71.3 Å². The van der Waals surface area contributed by atoms with Crippen molar-refractivity contribution in [3.63, 3.8) is 0 Å². The predicted molar refractivity (Wildman–Crippen MR) is 77.8 cm³/mol. The molecule has 0 saturated carbocycles. The lowest BCUT2D eigenvalue weighted by molar-refractivity contribution is 0.0708. The molecule has 0 aliphatic carbocycles. The first-order valence-electron chi connectivity index (χ1n) is 7.07. The van der Waals surface area contributed by atoms with Crippen molar-refractivity contribution in [3.05, 3.63) is 35.7 Å². The highest BCUT2D eigenvalue weighted by atomic mass is 16.5. The van der Waals surface area contributed by atoms with Crippen molar-refractivity contribution >= 4 is 5.91 Å². The van der Waals surface area contributed by atoms with Gasteiger partial charge in [0.25, 0.3) is 5.91 Å². The summed E-state index contributed by atoms with van der Waals surface area (Å²) in [5.41, 5.74) is 1.69. The van der Waals surface area contributed by atoms with Gasteiger partial charge in [-0.1, -0.05) is 11.2 Å². The molecule has 110 valence electrons. The lowest BCUT2D eigenvalue weighted by Gasteiger charge is -2.31. The summed E-state index contributed by atoms with van der Waals surface area (Å²) in [4.78, 5) is 18.9. The van der Waals surface area contributed by atoms with Crippen LogP contribution < -0.4 is 5.32 Å². The summed E-state index contributed by atoms with van der Waals surface area (Å²) in [5.74, 6) is 0.495. The van der Waals surface area contributed by atoms with Crippen LogP contribution >= 0.6 is 0 Å². The van der Waals surface area contributed by atoms with E-state index in [1.54, 1.807) is 13.1 Å². The average molecular weight is 286 g/mol. The first kappa shape index (κ1) is 13.8. The number of hydrogen-bond donors (Lipinski definition) is 1. The Morgan fingerprint density at radius 1 is 1.48 bits per heavy atom. The Morgan fingerprint density at radius 2 is 2.33 bits per heavy atom. The number of aromatic nitrogens is 2. The van der Waals surface area contributed by atoms with E-state index < -0.39 is 0 Å². The molecular weight excluding hydrogens is 268 g/mol. The average Bonchev–Trinajstić information content (AvgIpc) is 2.89. The van der Waals surface area contributed by atoms with Crippen molar-refractivity contribution in [1.82, 2.24) is 20.4 Å². The van der Waals surface area contributed by atoms with Crippen LogP contribution in [0.4, 0.5) is 0 Å². The second-order valence-corrected chi connectivity index (χ2v) is 5.28. The van der Waals surface area contributed by atoms with Crippen molar-refractivity contribution in [1.29, 1.82) is 0 Å². The highest BCUT2D eigenvalue weighted by Gasteiger charge is 2.28. The van der Waals surface area contributed by atoms with Crippen LogP contribution in [0, 0.1) is 6.92 Å². The summed E-state index contributed by atoms with van der Waals surface area (Å²) >= 11 is 0. The van der Waals surface area contributed by atoms with Gasteiger partial charge in [-0.3, -0.25) is 9.78 Å². The number of hydrogen-bond acceptors (Lipinski definition) is 5. The van der Waals surface area contributed by atoms with Gasteiger partial charge in [0.1, 0.15) is 17.0 Å². The number of aryl methyl sites for hydroxylation is 1. The van der Waals surface area contributed by atoms with Gasteiger partial charge in [0, 0.05) is 31.9 Å².